The second-order valence-corrected chi connectivity index (χ2v) is 5.14. The van der Waals surface area contributed by atoms with Gasteiger partial charge < -0.3 is 9.80 Å². The van der Waals surface area contributed by atoms with Crippen LogP contribution in [0.5, 0.6) is 0 Å². The number of hydrogen-bond acceptors (Lipinski definition) is 4. The maximum absolute atomic E-state index is 12.2. The van der Waals surface area contributed by atoms with Crippen molar-refractivity contribution in [3.63, 3.8) is 0 Å². The second kappa shape index (κ2) is 5.63. The smallest absolute Gasteiger partial charge is 0.274 e. The highest BCUT2D eigenvalue weighted by molar-refractivity contribution is 6.29. The van der Waals surface area contributed by atoms with Gasteiger partial charge in [-0.25, -0.2) is 0 Å². The molecule has 0 radical (unpaired) electrons. The van der Waals surface area contributed by atoms with Crippen LogP contribution in [0.2, 0.25) is 5.15 Å². The van der Waals surface area contributed by atoms with Gasteiger partial charge in [-0.2, -0.15) is 0 Å². The first-order valence-corrected chi connectivity index (χ1v) is 6.40. The Balaban J connectivity index is 2.06. The molecule has 0 saturated carbocycles. The molecule has 1 atom stereocenters. The van der Waals surface area contributed by atoms with Crippen LogP contribution in [0.25, 0.3) is 0 Å². The Kier molecular flexibility index (Phi) is 4.14. The Bertz CT molecular complexity index is 421. The predicted octanol–water partition coefficient (Wildman–Crippen LogP) is 1.30. The molecule has 1 amide bonds. The molecule has 5 nitrogen and oxygen atoms in total. The van der Waals surface area contributed by atoms with E-state index in [1.54, 1.807) is 12.1 Å². The molecular formula is C12H17ClN4O. The normalized spacial score (nSPS) is 20.2. The summed E-state index contributed by atoms with van der Waals surface area (Å²) in [6.07, 6.45) is 2.15. The monoisotopic (exact) mass is 268 g/mol. The number of halogens is 1. The Morgan fingerprint density at radius 1 is 1.44 bits per heavy atom. The molecule has 0 aliphatic carbocycles. The third-order valence-corrected chi connectivity index (χ3v) is 3.47. The zero-order chi connectivity index (χ0) is 13.1. The van der Waals surface area contributed by atoms with E-state index in [4.69, 9.17) is 11.6 Å². The lowest BCUT2D eigenvalue weighted by atomic mass is 10.0. The van der Waals surface area contributed by atoms with Gasteiger partial charge in [0.1, 0.15) is 0 Å². The fourth-order valence-corrected chi connectivity index (χ4v) is 2.25. The summed E-state index contributed by atoms with van der Waals surface area (Å²) in [4.78, 5) is 16.2. The van der Waals surface area contributed by atoms with Gasteiger partial charge >= 0.3 is 0 Å². The van der Waals surface area contributed by atoms with Crippen molar-refractivity contribution in [1.29, 1.82) is 0 Å². The first-order chi connectivity index (χ1) is 8.58. The summed E-state index contributed by atoms with van der Waals surface area (Å²) in [7, 11) is 4.08. The Hall–Kier alpha value is -1.20. The molecule has 0 bridgehead atoms. The molecule has 1 aliphatic heterocycles. The molecule has 0 aromatic carbocycles. The van der Waals surface area contributed by atoms with E-state index in [-0.39, 0.29) is 5.91 Å². The molecule has 2 heterocycles. The number of likely N-dealkylation sites (N-methyl/N-ethyl adjacent to an activating group) is 1. The molecule has 18 heavy (non-hydrogen) atoms. The van der Waals surface area contributed by atoms with Crippen LogP contribution in [0, 0.1) is 0 Å². The van der Waals surface area contributed by atoms with Crippen LogP contribution in [0.1, 0.15) is 23.3 Å². The molecule has 1 aliphatic rings. The number of hydrogen-bond donors (Lipinski definition) is 0. The average molecular weight is 269 g/mol. The molecule has 0 spiro atoms. The van der Waals surface area contributed by atoms with Gasteiger partial charge in [0, 0.05) is 19.1 Å². The fourth-order valence-electron chi connectivity index (χ4n) is 2.15. The Morgan fingerprint density at radius 3 is 2.83 bits per heavy atom. The van der Waals surface area contributed by atoms with Crippen LogP contribution in [0.3, 0.4) is 0 Å². The number of aromatic nitrogens is 2. The van der Waals surface area contributed by atoms with Crippen LogP contribution < -0.4 is 0 Å². The van der Waals surface area contributed by atoms with Crippen molar-refractivity contribution in [2.75, 3.05) is 27.2 Å². The zero-order valence-electron chi connectivity index (χ0n) is 10.6. The van der Waals surface area contributed by atoms with Crippen LogP contribution in [-0.4, -0.2) is 59.1 Å². The van der Waals surface area contributed by atoms with E-state index >= 15 is 0 Å². The van der Waals surface area contributed by atoms with Crippen molar-refractivity contribution in [3.8, 4) is 0 Å². The van der Waals surface area contributed by atoms with E-state index in [0.717, 1.165) is 25.9 Å². The van der Waals surface area contributed by atoms with Crippen molar-refractivity contribution in [2.45, 2.75) is 18.9 Å². The van der Waals surface area contributed by atoms with Gasteiger partial charge in [0.25, 0.3) is 5.91 Å². The van der Waals surface area contributed by atoms with E-state index in [1.165, 1.54) is 0 Å². The Labute approximate surface area is 112 Å². The van der Waals surface area contributed by atoms with E-state index < -0.39 is 0 Å². The van der Waals surface area contributed by atoms with Crippen LogP contribution in [0.15, 0.2) is 12.1 Å². The lowest BCUT2D eigenvalue weighted by Crippen LogP contribution is -2.47. The summed E-state index contributed by atoms with van der Waals surface area (Å²) in [5.74, 6) is -0.0642. The third kappa shape index (κ3) is 2.97. The van der Waals surface area contributed by atoms with Gasteiger partial charge in [0.15, 0.2) is 10.8 Å². The molecule has 2 rings (SSSR count). The molecule has 1 aromatic rings. The van der Waals surface area contributed by atoms with Crippen LogP contribution >= 0.6 is 11.6 Å². The zero-order valence-corrected chi connectivity index (χ0v) is 11.4. The number of piperidine rings is 1. The summed E-state index contributed by atoms with van der Waals surface area (Å²) >= 11 is 5.66. The highest BCUT2D eigenvalue weighted by atomic mass is 35.5. The predicted molar refractivity (Wildman–Crippen MR) is 69.7 cm³/mol. The third-order valence-electron chi connectivity index (χ3n) is 3.27. The first kappa shape index (κ1) is 13.2. The minimum absolute atomic E-state index is 0.0642. The quantitative estimate of drug-likeness (QED) is 0.811. The maximum atomic E-state index is 12.2. The molecule has 1 aromatic heterocycles. The van der Waals surface area contributed by atoms with Crippen LogP contribution in [0.4, 0.5) is 0 Å². The number of amides is 1. The molecular weight excluding hydrogens is 252 g/mol. The van der Waals surface area contributed by atoms with E-state index in [2.05, 4.69) is 15.1 Å². The van der Waals surface area contributed by atoms with Gasteiger partial charge in [-0.15, -0.1) is 10.2 Å². The Morgan fingerprint density at radius 2 is 2.22 bits per heavy atom. The molecule has 98 valence electrons. The van der Waals surface area contributed by atoms with Crippen molar-refractivity contribution in [1.82, 2.24) is 20.0 Å². The van der Waals surface area contributed by atoms with Gasteiger partial charge in [0.2, 0.25) is 0 Å². The molecule has 0 N–H and O–H groups in total. The second-order valence-electron chi connectivity index (χ2n) is 4.75. The number of carbonyl (C=O) groups excluding carboxylic acids is 1. The largest absolute Gasteiger partial charge is 0.336 e. The minimum Gasteiger partial charge on any atom is -0.336 e. The molecule has 1 saturated heterocycles. The van der Waals surface area contributed by atoms with Gasteiger partial charge in [-0.05, 0) is 39.1 Å². The SMILES string of the molecule is CN(C)C1CCCN(C(=O)c2ccc(Cl)nn2)C1. The summed E-state index contributed by atoms with van der Waals surface area (Å²) in [5.41, 5.74) is 0.360. The highest BCUT2D eigenvalue weighted by Crippen LogP contribution is 2.16. The van der Waals surface area contributed by atoms with E-state index in [0.29, 0.717) is 16.9 Å². The molecule has 1 unspecified atom stereocenters. The summed E-state index contributed by atoms with van der Waals surface area (Å²) in [6, 6.07) is 3.63. The standard InChI is InChI=1S/C12H17ClN4O/c1-16(2)9-4-3-7-17(8-9)12(18)10-5-6-11(13)15-14-10/h5-6,9H,3-4,7-8H2,1-2H3. The van der Waals surface area contributed by atoms with Crippen molar-refractivity contribution in [2.24, 2.45) is 0 Å². The molecule has 1 fully saturated rings. The van der Waals surface area contributed by atoms with Gasteiger partial charge in [-0.1, -0.05) is 11.6 Å². The highest BCUT2D eigenvalue weighted by Gasteiger charge is 2.26. The summed E-state index contributed by atoms with van der Waals surface area (Å²) in [6.45, 7) is 1.53. The average Bonchev–Trinajstić information content (AvgIpc) is 2.39. The maximum Gasteiger partial charge on any atom is 0.274 e. The number of carbonyl (C=O) groups is 1. The van der Waals surface area contributed by atoms with E-state index in [9.17, 15) is 4.79 Å². The first-order valence-electron chi connectivity index (χ1n) is 6.03. The number of rotatable bonds is 2. The lowest BCUT2D eigenvalue weighted by molar-refractivity contribution is 0.0628. The van der Waals surface area contributed by atoms with Crippen molar-refractivity contribution in [3.05, 3.63) is 23.0 Å². The van der Waals surface area contributed by atoms with Gasteiger partial charge in [0.05, 0.1) is 0 Å². The summed E-state index contributed by atoms with van der Waals surface area (Å²) in [5, 5.41) is 7.85. The molecule has 6 heteroatoms. The van der Waals surface area contributed by atoms with Gasteiger partial charge in [-0.3, -0.25) is 4.79 Å². The fraction of sp³-hybridized carbons (Fsp3) is 0.583. The summed E-state index contributed by atoms with van der Waals surface area (Å²) < 4.78 is 0. The van der Waals surface area contributed by atoms with Crippen molar-refractivity contribution >= 4 is 17.5 Å². The van der Waals surface area contributed by atoms with Crippen LogP contribution in [-0.2, 0) is 0 Å². The number of nitrogens with zero attached hydrogens (tertiary/aromatic N) is 4. The topological polar surface area (TPSA) is 49.3 Å². The van der Waals surface area contributed by atoms with E-state index in [1.807, 2.05) is 19.0 Å². The minimum atomic E-state index is -0.0642. The number of likely N-dealkylation sites (tertiary alicyclic amines) is 1. The van der Waals surface area contributed by atoms with Crippen molar-refractivity contribution < 1.29 is 4.79 Å². The lowest BCUT2D eigenvalue weighted by Gasteiger charge is -2.35.